The lowest BCUT2D eigenvalue weighted by Gasteiger charge is -2.40. The molecule has 0 bridgehead atoms. The van der Waals surface area contributed by atoms with Crippen molar-refractivity contribution in [3.8, 4) is 0 Å². The van der Waals surface area contributed by atoms with E-state index >= 15 is 0 Å². The van der Waals surface area contributed by atoms with Gasteiger partial charge in [-0.3, -0.25) is 9.78 Å². The number of ether oxygens (including phenoxy) is 2. The standard InChI is InChI=1S/C36H44N4O4/c1-36(2,3)44-35(42)39-19-16-29(25-12-15-32-26(21-25)9-7-17-37-32)31(24-39)34(41)40(28-13-14-28)23-27-22-38(18-8-20-43-4)33-11-6-5-10-30(27)33/h5-7,9-12,15,17,21-22,28-29,31H,8,13-14,16,18-20,23-24H2,1-4H3/t29-,31+/m1/s1. The van der Waals surface area contributed by atoms with Crippen molar-refractivity contribution in [2.75, 3.05) is 26.8 Å². The second kappa shape index (κ2) is 12.6. The van der Waals surface area contributed by atoms with E-state index in [0.717, 1.165) is 47.8 Å². The molecule has 2 amide bonds. The van der Waals surface area contributed by atoms with Crippen LogP contribution in [0.15, 0.2) is 67.0 Å². The highest BCUT2D eigenvalue weighted by atomic mass is 16.6. The number of piperidine rings is 1. The van der Waals surface area contributed by atoms with Crippen molar-refractivity contribution in [3.63, 3.8) is 0 Å². The van der Waals surface area contributed by atoms with Crippen LogP contribution >= 0.6 is 0 Å². The molecular formula is C36H44N4O4. The number of para-hydroxylation sites is 1. The summed E-state index contributed by atoms with van der Waals surface area (Å²) in [6.07, 6.45) is 7.29. The van der Waals surface area contributed by atoms with Crippen molar-refractivity contribution < 1.29 is 19.1 Å². The maximum Gasteiger partial charge on any atom is 0.410 e. The van der Waals surface area contributed by atoms with E-state index in [2.05, 4.69) is 63.1 Å². The minimum absolute atomic E-state index is 0.0116. The second-order valence-electron chi connectivity index (χ2n) is 13.3. The molecule has 3 heterocycles. The monoisotopic (exact) mass is 596 g/mol. The molecule has 0 N–H and O–H groups in total. The van der Waals surface area contributed by atoms with Gasteiger partial charge >= 0.3 is 6.09 Å². The van der Waals surface area contributed by atoms with Gasteiger partial charge in [-0.25, -0.2) is 4.79 Å². The maximum absolute atomic E-state index is 14.8. The number of carbonyl (C=O) groups is 2. The SMILES string of the molecule is COCCCn1cc(CN(C(=O)[C@H]2CN(C(=O)OC(C)(C)C)CC[C@@H]2c2ccc3ncccc3c2)C2CC2)c2ccccc21. The van der Waals surface area contributed by atoms with E-state index in [1.165, 1.54) is 10.9 Å². The van der Waals surface area contributed by atoms with Crippen LogP contribution < -0.4 is 0 Å². The van der Waals surface area contributed by atoms with Gasteiger partial charge in [0, 0.05) is 74.6 Å². The van der Waals surface area contributed by atoms with Crippen LogP contribution in [0.4, 0.5) is 4.79 Å². The fourth-order valence-electron chi connectivity index (χ4n) is 6.60. The van der Waals surface area contributed by atoms with Crippen molar-refractivity contribution in [1.29, 1.82) is 0 Å². The normalized spacial score (nSPS) is 19.0. The zero-order chi connectivity index (χ0) is 30.8. The van der Waals surface area contributed by atoms with Gasteiger partial charge in [-0.15, -0.1) is 0 Å². The summed E-state index contributed by atoms with van der Waals surface area (Å²) in [6, 6.07) is 19.0. The number of amides is 2. The first-order valence-corrected chi connectivity index (χ1v) is 15.9. The Kier molecular flexibility index (Phi) is 8.63. The van der Waals surface area contributed by atoms with Gasteiger partial charge in [-0.2, -0.15) is 0 Å². The summed E-state index contributed by atoms with van der Waals surface area (Å²) < 4.78 is 13.3. The number of nitrogens with zero attached hydrogens (tertiary/aromatic N) is 4. The molecule has 232 valence electrons. The predicted molar refractivity (Wildman–Crippen MR) is 172 cm³/mol. The summed E-state index contributed by atoms with van der Waals surface area (Å²) in [4.78, 5) is 36.3. The van der Waals surface area contributed by atoms with E-state index in [0.29, 0.717) is 32.7 Å². The molecule has 2 aliphatic rings. The van der Waals surface area contributed by atoms with Gasteiger partial charge in [-0.05, 0) is 87.8 Å². The summed E-state index contributed by atoms with van der Waals surface area (Å²) in [5.74, 6) is -0.267. The van der Waals surface area contributed by atoms with Crippen LogP contribution in [-0.4, -0.2) is 69.8 Å². The molecule has 0 spiro atoms. The van der Waals surface area contributed by atoms with Gasteiger partial charge < -0.3 is 23.8 Å². The fraction of sp³-hybridized carbons (Fsp3) is 0.472. The molecule has 2 aromatic carbocycles. The third-order valence-electron chi connectivity index (χ3n) is 8.87. The summed E-state index contributed by atoms with van der Waals surface area (Å²) in [5.41, 5.74) is 3.80. The lowest BCUT2D eigenvalue weighted by Crippen LogP contribution is -2.51. The number of aromatic nitrogens is 2. The Balaban J connectivity index is 1.32. The van der Waals surface area contributed by atoms with Crippen LogP contribution in [0.3, 0.4) is 0 Å². The van der Waals surface area contributed by atoms with Crippen LogP contribution in [0.1, 0.15) is 63.5 Å². The minimum atomic E-state index is -0.601. The maximum atomic E-state index is 14.8. The third kappa shape index (κ3) is 6.60. The van der Waals surface area contributed by atoms with Crippen molar-refractivity contribution in [2.45, 2.75) is 77.1 Å². The van der Waals surface area contributed by atoms with Crippen molar-refractivity contribution in [3.05, 3.63) is 78.1 Å². The molecule has 8 heteroatoms. The van der Waals surface area contributed by atoms with Crippen LogP contribution in [0.5, 0.6) is 0 Å². The number of carbonyl (C=O) groups excluding carboxylic acids is 2. The number of pyridine rings is 1. The lowest BCUT2D eigenvalue weighted by molar-refractivity contribution is -0.139. The zero-order valence-corrected chi connectivity index (χ0v) is 26.4. The molecule has 0 unspecified atom stereocenters. The lowest BCUT2D eigenvalue weighted by atomic mass is 9.79. The van der Waals surface area contributed by atoms with E-state index in [9.17, 15) is 9.59 Å². The topological polar surface area (TPSA) is 76.9 Å². The number of likely N-dealkylation sites (tertiary alicyclic amines) is 1. The third-order valence-corrected chi connectivity index (χ3v) is 8.87. The fourth-order valence-corrected chi connectivity index (χ4v) is 6.60. The Hall–Kier alpha value is -3.91. The average molecular weight is 597 g/mol. The van der Waals surface area contributed by atoms with Gasteiger partial charge in [0.25, 0.3) is 0 Å². The Bertz CT molecular complexity index is 1640. The quantitative estimate of drug-likeness (QED) is 0.200. The highest BCUT2D eigenvalue weighted by Gasteiger charge is 2.43. The molecule has 44 heavy (non-hydrogen) atoms. The number of fused-ring (bicyclic) bond motifs is 2. The molecule has 2 aromatic heterocycles. The van der Waals surface area contributed by atoms with Crippen LogP contribution in [0.25, 0.3) is 21.8 Å². The molecule has 1 aliphatic heterocycles. The van der Waals surface area contributed by atoms with Gasteiger partial charge in [0.2, 0.25) is 5.91 Å². The second-order valence-corrected chi connectivity index (χ2v) is 13.3. The smallest absolute Gasteiger partial charge is 0.410 e. The number of methoxy groups -OCH3 is 1. The summed E-state index contributed by atoms with van der Waals surface area (Å²) in [5, 5.41) is 2.24. The van der Waals surface area contributed by atoms with Gasteiger partial charge in [0.15, 0.2) is 0 Å². The van der Waals surface area contributed by atoms with Gasteiger partial charge in [0.1, 0.15) is 5.60 Å². The summed E-state index contributed by atoms with van der Waals surface area (Å²) in [6.45, 7) is 8.64. The number of aryl methyl sites for hydroxylation is 1. The van der Waals surface area contributed by atoms with E-state index in [4.69, 9.17) is 9.47 Å². The predicted octanol–water partition coefficient (Wildman–Crippen LogP) is 6.76. The highest BCUT2D eigenvalue weighted by Crippen LogP contribution is 2.39. The molecule has 2 atom stereocenters. The molecule has 8 nitrogen and oxygen atoms in total. The number of rotatable bonds is 9. The number of hydrogen-bond donors (Lipinski definition) is 0. The van der Waals surface area contributed by atoms with Gasteiger partial charge in [-0.1, -0.05) is 30.3 Å². The van der Waals surface area contributed by atoms with Crippen molar-refractivity contribution >= 4 is 33.8 Å². The molecule has 1 saturated heterocycles. The van der Waals surface area contributed by atoms with E-state index in [-0.39, 0.29) is 29.9 Å². The molecule has 1 saturated carbocycles. The van der Waals surface area contributed by atoms with Crippen molar-refractivity contribution in [1.82, 2.24) is 19.4 Å². The first kappa shape index (κ1) is 30.1. The molecular weight excluding hydrogens is 552 g/mol. The minimum Gasteiger partial charge on any atom is -0.444 e. The van der Waals surface area contributed by atoms with Crippen LogP contribution in [0, 0.1) is 5.92 Å². The Morgan fingerprint density at radius 3 is 2.64 bits per heavy atom. The first-order chi connectivity index (χ1) is 21.2. The largest absolute Gasteiger partial charge is 0.444 e. The van der Waals surface area contributed by atoms with Crippen LogP contribution in [-0.2, 0) is 27.4 Å². The average Bonchev–Trinajstić information content (AvgIpc) is 3.80. The number of benzene rings is 2. The molecule has 1 aliphatic carbocycles. The molecule has 2 fully saturated rings. The first-order valence-electron chi connectivity index (χ1n) is 15.9. The Morgan fingerprint density at radius 2 is 1.86 bits per heavy atom. The Labute approximate surface area is 259 Å². The van der Waals surface area contributed by atoms with E-state index in [1.54, 1.807) is 18.2 Å². The highest BCUT2D eigenvalue weighted by molar-refractivity contribution is 5.86. The van der Waals surface area contributed by atoms with Gasteiger partial charge in [0.05, 0.1) is 11.4 Å². The van der Waals surface area contributed by atoms with Crippen molar-refractivity contribution in [2.24, 2.45) is 5.92 Å². The van der Waals surface area contributed by atoms with E-state index < -0.39 is 5.60 Å². The Morgan fingerprint density at radius 1 is 1.05 bits per heavy atom. The number of hydrogen-bond acceptors (Lipinski definition) is 5. The van der Waals surface area contributed by atoms with E-state index in [1.807, 2.05) is 32.9 Å². The summed E-state index contributed by atoms with van der Waals surface area (Å²) >= 11 is 0. The molecule has 6 rings (SSSR count). The molecule has 4 aromatic rings. The zero-order valence-electron chi connectivity index (χ0n) is 26.4. The van der Waals surface area contributed by atoms with Crippen LogP contribution in [0.2, 0.25) is 0 Å². The molecule has 0 radical (unpaired) electrons. The summed E-state index contributed by atoms with van der Waals surface area (Å²) in [7, 11) is 1.73.